The maximum Gasteiger partial charge on any atom is 0.254 e. The number of nitrogens with one attached hydrogen (secondary N) is 1. The van der Waals surface area contributed by atoms with Crippen molar-refractivity contribution in [1.29, 1.82) is 0 Å². The van der Waals surface area contributed by atoms with E-state index in [0.717, 1.165) is 17.5 Å². The molecule has 0 radical (unpaired) electrons. The van der Waals surface area contributed by atoms with E-state index >= 15 is 0 Å². The quantitative estimate of drug-likeness (QED) is 0.728. The van der Waals surface area contributed by atoms with Crippen molar-refractivity contribution in [3.63, 3.8) is 0 Å². The Kier molecular flexibility index (Phi) is 5.35. The number of likely N-dealkylation sites (tertiary alicyclic amines) is 1. The van der Waals surface area contributed by atoms with Gasteiger partial charge in [-0.25, -0.2) is 4.98 Å². The van der Waals surface area contributed by atoms with Gasteiger partial charge in [0, 0.05) is 37.3 Å². The fourth-order valence-electron chi connectivity index (χ4n) is 3.97. The largest absolute Gasteiger partial charge is 0.338 e. The summed E-state index contributed by atoms with van der Waals surface area (Å²) in [4.78, 5) is 44.4. The van der Waals surface area contributed by atoms with Crippen molar-refractivity contribution >= 4 is 28.5 Å². The summed E-state index contributed by atoms with van der Waals surface area (Å²) in [7, 11) is 1.69. The van der Waals surface area contributed by atoms with Gasteiger partial charge in [0.25, 0.3) is 11.5 Å². The average molecular weight is 404 g/mol. The molecule has 7 nitrogen and oxygen atoms in total. The van der Waals surface area contributed by atoms with Crippen molar-refractivity contribution in [3.8, 4) is 0 Å². The Balaban J connectivity index is 1.56. The predicted octanol–water partition coefficient (Wildman–Crippen LogP) is 2.73. The van der Waals surface area contributed by atoms with E-state index in [1.54, 1.807) is 18.0 Å². The van der Waals surface area contributed by atoms with Crippen LogP contribution in [0.5, 0.6) is 0 Å². The number of rotatable bonds is 3. The van der Waals surface area contributed by atoms with Crippen molar-refractivity contribution < 1.29 is 9.59 Å². The molecule has 3 aromatic rings. The summed E-state index contributed by atoms with van der Waals surface area (Å²) in [5.41, 5.74) is 1.69. The monoisotopic (exact) mass is 404 g/mol. The molecule has 2 aromatic heterocycles. The zero-order valence-corrected chi connectivity index (χ0v) is 17.1. The van der Waals surface area contributed by atoms with Gasteiger partial charge in [-0.05, 0) is 38.0 Å². The van der Waals surface area contributed by atoms with E-state index in [1.165, 1.54) is 10.6 Å². The number of pyridine rings is 2. The molecule has 30 heavy (non-hydrogen) atoms. The number of aromatic nitrogens is 2. The van der Waals surface area contributed by atoms with Gasteiger partial charge in [-0.3, -0.25) is 14.4 Å². The average Bonchev–Trinajstić information content (AvgIpc) is 2.76. The third-order valence-electron chi connectivity index (χ3n) is 5.60. The molecule has 0 aliphatic carbocycles. The lowest BCUT2D eigenvalue weighted by Gasteiger charge is -2.32. The van der Waals surface area contributed by atoms with Gasteiger partial charge < -0.3 is 14.8 Å². The third kappa shape index (κ3) is 3.83. The van der Waals surface area contributed by atoms with E-state index in [9.17, 15) is 14.4 Å². The van der Waals surface area contributed by atoms with Gasteiger partial charge in [0.1, 0.15) is 5.82 Å². The highest BCUT2D eigenvalue weighted by molar-refractivity contribution is 6.06. The van der Waals surface area contributed by atoms with Gasteiger partial charge in [0.15, 0.2) is 0 Å². The van der Waals surface area contributed by atoms with Crippen LogP contribution in [0.4, 0.5) is 5.82 Å². The third-order valence-corrected chi connectivity index (χ3v) is 5.60. The Hall–Kier alpha value is -3.48. The number of amides is 2. The summed E-state index contributed by atoms with van der Waals surface area (Å²) in [6.45, 7) is 2.75. The topological polar surface area (TPSA) is 84.3 Å². The Bertz CT molecular complexity index is 1180. The van der Waals surface area contributed by atoms with Crippen LogP contribution in [0.3, 0.4) is 0 Å². The van der Waals surface area contributed by atoms with E-state index in [0.29, 0.717) is 36.4 Å². The SMILES string of the molecule is Cc1cccc(NC(=O)C2CCCN(C(=O)c3cc(=O)n(C)c4ccccc34)C2)n1. The van der Waals surface area contributed by atoms with Gasteiger partial charge in [0.05, 0.1) is 17.0 Å². The molecule has 0 bridgehead atoms. The van der Waals surface area contributed by atoms with Gasteiger partial charge in [-0.2, -0.15) is 0 Å². The molecule has 1 aliphatic heterocycles. The number of aryl methyl sites for hydroxylation is 2. The van der Waals surface area contributed by atoms with Gasteiger partial charge >= 0.3 is 0 Å². The fraction of sp³-hybridized carbons (Fsp3) is 0.304. The highest BCUT2D eigenvalue weighted by Gasteiger charge is 2.30. The van der Waals surface area contributed by atoms with Crippen LogP contribution in [-0.2, 0) is 11.8 Å². The first-order chi connectivity index (χ1) is 14.4. The number of para-hydroxylation sites is 1. The second-order valence-corrected chi connectivity index (χ2v) is 7.72. The van der Waals surface area contributed by atoms with E-state index in [2.05, 4.69) is 10.3 Å². The van der Waals surface area contributed by atoms with Crippen LogP contribution in [0.1, 0.15) is 28.9 Å². The maximum absolute atomic E-state index is 13.3. The first kappa shape index (κ1) is 19.8. The minimum Gasteiger partial charge on any atom is -0.338 e. The van der Waals surface area contributed by atoms with Crippen LogP contribution in [0, 0.1) is 12.8 Å². The molecular weight excluding hydrogens is 380 g/mol. The molecule has 3 heterocycles. The summed E-state index contributed by atoms with van der Waals surface area (Å²) in [6.07, 6.45) is 1.44. The summed E-state index contributed by atoms with van der Waals surface area (Å²) in [5, 5.41) is 3.59. The predicted molar refractivity (Wildman–Crippen MR) is 115 cm³/mol. The number of carbonyl (C=O) groups excluding carboxylic acids is 2. The highest BCUT2D eigenvalue weighted by atomic mass is 16.2. The summed E-state index contributed by atoms with van der Waals surface area (Å²) < 4.78 is 1.54. The maximum atomic E-state index is 13.3. The minimum absolute atomic E-state index is 0.139. The lowest BCUT2D eigenvalue weighted by molar-refractivity contribution is -0.121. The molecule has 1 aromatic carbocycles. The van der Waals surface area contributed by atoms with Crippen molar-refractivity contribution in [3.05, 3.63) is 70.1 Å². The second-order valence-electron chi connectivity index (χ2n) is 7.72. The Morgan fingerprint density at radius 3 is 2.73 bits per heavy atom. The molecule has 4 rings (SSSR count). The standard InChI is InChI=1S/C23H24N4O3/c1-15-7-5-11-20(24-15)25-22(29)16-8-6-12-27(14-16)23(30)18-13-21(28)26(2)19-10-4-3-9-17(18)19/h3-5,7,9-11,13,16H,6,8,12,14H2,1-2H3,(H,24,25,29). The van der Waals surface area contributed by atoms with Crippen LogP contribution in [0.25, 0.3) is 10.9 Å². The van der Waals surface area contributed by atoms with Crippen LogP contribution in [0.2, 0.25) is 0 Å². The van der Waals surface area contributed by atoms with Gasteiger partial charge in [0.2, 0.25) is 5.91 Å². The number of hydrogen-bond donors (Lipinski definition) is 1. The number of anilines is 1. The molecule has 7 heteroatoms. The number of fused-ring (bicyclic) bond motifs is 1. The van der Waals surface area contributed by atoms with Crippen LogP contribution in [-0.4, -0.2) is 39.4 Å². The van der Waals surface area contributed by atoms with Crippen LogP contribution < -0.4 is 10.9 Å². The lowest BCUT2D eigenvalue weighted by Crippen LogP contribution is -2.44. The van der Waals surface area contributed by atoms with E-state index in [1.807, 2.05) is 43.3 Å². The van der Waals surface area contributed by atoms with Gasteiger partial charge in [-0.15, -0.1) is 0 Å². The number of benzene rings is 1. The normalized spacial score (nSPS) is 16.5. The molecule has 2 amide bonds. The fourth-order valence-corrected chi connectivity index (χ4v) is 3.97. The van der Waals surface area contributed by atoms with Crippen molar-refractivity contribution in [2.75, 3.05) is 18.4 Å². The molecule has 1 fully saturated rings. The Morgan fingerprint density at radius 2 is 1.93 bits per heavy atom. The van der Waals surface area contributed by atoms with Crippen molar-refractivity contribution in [2.45, 2.75) is 19.8 Å². The number of carbonyl (C=O) groups is 2. The molecule has 1 unspecified atom stereocenters. The zero-order valence-electron chi connectivity index (χ0n) is 17.1. The summed E-state index contributed by atoms with van der Waals surface area (Å²) in [5.74, 6) is -0.154. The smallest absolute Gasteiger partial charge is 0.254 e. The second kappa shape index (κ2) is 8.10. The van der Waals surface area contributed by atoms with Crippen molar-refractivity contribution in [1.82, 2.24) is 14.5 Å². The molecule has 1 aliphatic rings. The van der Waals surface area contributed by atoms with Crippen molar-refractivity contribution in [2.24, 2.45) is 13.0 Å². The van der Waals surface area contributed by atoms with E-state index < -0.39 is 0 Å². The Morgan fingerprint density at radius 1 is 1.13 bits per heavy atom. The molecule has 154 valence electrons. The molecule has 0 spiro atoms. The van der Waals surface area contributed by atoms with Crippen LogP contribution in [0.15, 0.2) is 53.3 Å². The molecule has 0 saturated carbocycles. The number of hydrogen-bond acceptors (Lipinski definition) is 4. The first-order valence-electron chi connectivity index (χ1n) is 10.1. The summed E-state index contributed by atoms with van der Waals surface area (Å²) in [6, 6.07) is 14.2. The van der Waals surface area contributed by atoms with E-state index in [4.69, 9.17) is 0 Å². The molecular formula is C23H24N4O3. The minimum atomic E-state index is -0.317. The lowest BCUT2D eigenvalue weighted by atomic mass is 9.96. The van der Waals surface area contributed by atoms with E-state index in [-0.39, 0.29) is 23.3 Å². The summed E-state index contributed by atoms with van der Waals surface area (Å²) >= 11 is 0. The first-order valence-corrected chi connectivity index (χ1v) is 10.1. The Labute approximate surface area is 174 Å². The van der Waals surface area contributed by atoms with Crippen LogP contribution >= 0.6 is 0 Å². The zero-order chi connectivity index (χ0) is 21.3. The molecule has 1 saturated heterocycles. The number of nitrogens with zero attached hydrogens (tertiary/aromatic N) is 3. The molecule has 1 atom stereocenters. The molecule has 1 N–H and O–H groups in total. The van der Waals surface area contributed by atoms with Gasteiger partial charge in [-0.1, -0.05) is 24.3 Å². The highest BCUT2D eigenvalue weighted by Crippen LogP contribution is 2.23. The number of piperidine rings is 1.